The van der Waals surface area contributed by atoms with Gasteiger partial charge in [-0.1, -0.05) is 13.3 Å². The average Bonchev–Trinajstić information content (AvgIpc) is 2.59. The summed E-state index contributed by atoms with van der Waals surface area (Å²) in [6, 6.07) is 2.89. The molecule has 0 aromatic carbocycles. The van der Waals surface area contributed by atoms with E-state index in [1.54, 1.807) is 0 Å². The summed E-state index contributed by atoms with van der Waals surface area (Å²) in [5, 5.41) is 8.22. The van der Waals surface area contributed by atoms with Crippen LogP contribution in [0.5, 0.6) is 0 Å². The van der Waals surface area contributed by atoms with E-state index in [1.165, 1.54) is 38.0 Å². The van der Waals surface area contributed by atoms with Gasteiger partial charge in [0.05, 0.1) is 11.4 Å². The molecule has 1 saturated heterocycles. The highest BCUT2D eigenvalue weighted by molar-refractivity contribution is 5.09. The van der Waals surface area contributed by atoms with Crippen molar-refractivity contribution in [2.24, 2.45) is 0 Å². The molecule has 1 aliphatic heterocycles. The van der Waals surface area contributed by atoms with Crippen LogP contribution in [0.3, 0.4) is 0 Å². The summed E-state index contributed by atoms with van der Waals surface area (Å²) in [6.07, 6.45) is 3.79. The largest absolute Gasteiger partial charge is 0.313 e. The first-order valence-electron chi connectivity index (χ1n) is 7.72. The van der Waals surface area contributed by atoms with Gasteiger partial charge in [-0.05, 0) is 45.8 Å². The van der Waals surface area contributed by atoms with Crippen LogP contribution in [0, 0.1) is 6.92 Å². The van der Waals surface area contributed by atoms with Crippen molar-refractivity contribution in [2.45, 2.75) is 59.2 Å². The van der Waals surface area contributed by atoms with Gasteiger partial charge in [0.1, 0.15) is 0 Å². The predicted molar refractivity (Wildman–Crippen MR) is 79.2 cm³/mol. The van der Waals surface area contributed by atoms with Gasteiger partial charge in [0.15, 0.2) is 0 Å². The fourth-order valence-electron chi connectivity index (χ4n) is 2.99. The van der Waals surface area contributed by atoms with E-state index in [4.69, 9.17) is 0 Å². The van der Waals surface area contributed by atoms with E-state index in [1.807, 2.05) is 0 Å². The SMILES string of the molecule is CCCC1CN(Cc2cc(C)nn2CC)CCCN1. The Balaban J connectivity index is 1.99. The monoisotopic (exact) mass is 264 g/mol. The highest BCUT2D eigenvalue weighted by Crippen LogP contribution is 2.12. The molecule has 4 nitrogen and oxygen atoms in total. The summed E-state index contributed by atoms with van der Waals surface area (Å²) in [4.78, 5) is 2.59. The number of nitrogens with one attached hydrogen (secondary N) is 1. The maximum atomic E-state index is 4.55. The molecule has 1 aromatic rings. The molecule has 4 heteroatoms. The number of nitrogens with zero attached hydrogens (tertiary/aromatic N) is 3. The Morgan fingerprint density at radius 2 is 2.26 bits per heavy atom. The van der Waals surface area contributed by atoms with Crippen LogP contribution >= 0.6 is 0 Å². The Labute approximate surface area is 117 Å². The van der Waals surface area contributed by atoms with Crippen molar-refractivity contribution in [1.82, 2.24) is 20.0 Å². The Hall–Kier alpha value is -0.870. The second-order valence-corrected chi connectivity index (χ2v) is 5.62. The van der Waals surface area contributed by atoms with E-state index < -0.39 is 0 Å². The van der Waals surface area contributed by atoms with Gasteiger partial charge < -0.3 is 5.32 Å². The van der Waals surface area contributed by atoms with Gasteiger partial charge in [-0.2, -0.15) is 5.10 Å². The number of rotatable bonds is 5. The minimum atomic E-state index is 0.659. The molecule has 0 bridgehead atoms. The molecule has 2 heterocycles. The third-order valence-corrected chi connectivity index (χ3v) is 3.87. The van der Waals surface area contributed by atoms with Crippen LogP contribution < -0.4 is 5.32 Å². The standard InChI is InChI=1S/C15H28N4/c1-4-7-14-11-18(9-6-8-16-14)12-15-10-13(3)17-19(15)5-2/h10,14,16H,4-9,11-12H2,1-3H3. The summed E-state index contributed by atoms with van der Waals surface area (Å²) in [7, 11) is 0. The van der Waals surface area contributed by atoms with Crippen molar-refractivity contribution in [3.8, 4) is 0 Å². The molecule has 1 aliphatic rings. The lowest BCUT2D eigenvalue weighted by molar-refractivity contribution is 0.247. The quantitative estimate of drug-likeness (QED) is 0.885. The Morgan fingerprint density at radius 3 is 3.00 bits per heavy atom. The fraction of sp³-hybridized carbons (Fsp3) is 0.800. The number of hydrogen-bond acceptors (Lipinski definition) is 3. The van der Waals surface area contributed by atoms with Crippen molar-refractivity contribution in [2.75, 3.05) is 19.6 Å². The van der Waals surface area contributed by atoms with Crippen LogP contribution in [0.4, 0.5) is 0 Å². The third kappa shape index (κ3) is 4.05. The van der Waals surface area contributed by atoms with Gasteiger partial charge in [-0.3, -0.25) is 9.58 Å². The van der Waals surface area contributed by atoms with Crippen molar-refractivity contribution in [3.05, 3.63) is 17.5 Å². The molecule has 1 atom stereocenters. The number of aromatic nitrogens is 2. The van der Waals surface area contributed by atoms with Crippen LogP contribution in [-0.2, 0) is 13.1 Å². The van der Waals surface area contributed by atoms with Gasteiger partial charge in [0, 0.05) is 25.7 Å². The van der Waals surface area contributed by atoms with Gasteiger partial charge >= 0.3 is 0 Å². The van der Waals surface area contributed by atoms with E-state index in [0.717, 1.165) is 25.3 Å². The minimum absolute atomic E-state index is 0.659. The summed E-state index contributed by atoms with van der Waals surface area (Å²) in [6.45, 7) is 12.0. The highest BCUT2D eigenvalue weighted by Gasteiger charge is 2.18. The summed E-state index contributed by atoms with van der Waals surface area (Å²) in [5.41, 5.74) is 2.49. The third-order valence-electron chi connectivity index (χ3n) is 3.87. The molecule has 1 fully saturated rings. The normalized spacial score (nSPS) is 21.5. The molecule has 2 rings (SSSR count). The summed E-state index contributed by atoms with van der Waals surface area (Å²) < 4.78 is 2.14. The summed E-state index contributed by atoms with van der Waals surface area (Å²) in [5.74, 6) is 0. The Morgan fingerprint density at radius 1 is 1.42 bits per heavy atom. The number of aryl methyl sites for hydroxylation is 2. The first-order chi connectivity index (χ1) is 9.22. The second-order valence-electron chi connectivity index (χ2n) is 5.62. The molecule has 0 radical (unpaired) electrons. The van der Waals surface area contributed by atoms with E-state index in [9.17, 15) is 0 Å². The van der Waals surface area contributed by atoms with Gasteiger partial charge in [-0.25, -0.2) is 0 Å². The van der Waals surface area contributed by atoms with Crippen LogP contribution in [0.25, 0.3) is 0 Å². The van der Waals surface area contributed by atoms with Crippen molar-refractivity contribution >= 4 is 0 Å². The van der Waals surface area contributed by atoms with Crippen LogP contribution in [-0.4, -0.2) is 40.4 Å². The zero-order valence-electron chi connectivity index (χ0n) is 12.7. The van der Waals surface area contributed by atoms with E-state index >= 15 is 0 Å². The minimum Gasteiger partial charge on any atom is -0.313 e. The lowest BCUT2D eigenvalue weighted by atomic mass is 10.1. The fourth-order valence-corrected chi connectivity index (χ4v) is 2.99. The molecular formula is C15H28N4. The zero-order valence-corrected chi connectivity index (χ0v) is 12.7. The molecular weight excluding hydrogens is 236 g/mol. The predicted octanol–water partition coefficient (Wildman–Crippen LogP) is 2.18. The zero-order chi connectivity index (χ0) is 13.7. The Bertz CT molecular complexity index is 385. The topological polar surface area (TPSA) is 33.1 Å². The van der Waals surface area contributed by atoms with E-state index in [2.05, 4.69) is 46.8 Å². The van der Waals surface area contributed by atoms with Crippen LogP contribution in [0.15, 0.2) is 6.07 Å². The van der Waals surface area contributed by atoms with Crippen molar-refractivity contribution in [1.29, 1.82) is 0 Å². The van der Waals surface area contributed by atoms with Gasteiger partial charge in [-0.15, -0.1) is 0 Å². The maximum Gasteiger partial charge on any atom is 0.0597 e. The van der Waals surface area contributed by atoms with E-state index in [0.29, 0.717) is 6.04 Å². The number of hydrogen-bond donors (Lipinski definition) is 1. The molecule has 0 amide bonds. The molecule has 0 saturated carbocycles. The van der Waals surface area contributed by atoms with Crippen LogP contribution in [0.1, 0.15) is 44.5 Å². The van der Waals surface area contributed by atoms with Gasteiger partial charge in [0.25, 0.3) is 0 Å². The lowest BCUT2D eigenvalue weighted by Crippen LogP contribution is -2.37. The Kier molecular flexibility index (Phi) is 5.40. The highest BCUT2D eigenvalue weighted by atomic mass is 15.3. The maximum absolute atomic E-state index is 4.55. The van der Waals surface area contributed by atoms with Gasteiger partial charge in [0.2, 0.25) is 0 Å². The van der Waals surface area contributed by atoms with Crippen LogP contribution in [0.2, 0.25) is 0 Å². The average molecular weight is 264 g/mol. The smallest absolute Gasteiger partial charge is 0.0597 e. The summed E-state index contributed by atoms with van der Waals surface area (Å²) >= 11 is 0. The molecule has 1 unspecified atom stereocenters. The molecule has 0 aliphatic carbocycles. The molecule has 1 aromatic heterocycles. The molecule has 1 N–H and O–H groups in total. The molecule has 19 heavy (non-hydrogen) atoms. The first kappa shape index (κ1) is 14.5. The lowest BCUT2D eigenvalue weighted by Gasteiger charge is -2.24. The first-order valence-corrected chi connectivity index (χ1v) is 7.72. The van der Waals surface area contributed by atoms with Crippen molar-refractivity contribution < 1.29 is 0 Å². The molecule has 108 valence electrons. The molecule has 0 spiro atoms. The second kappa shape index (κ2) is 7.06. The van der Waals surface area contributed by atoms with E-state index in [-0.39, 0.29) is 0 Å². The van der Waals surface area contributed by atoms with Crippen molar-refractivity contribution in [3.63, 3.8) is 0 Å².